The molecule has 12 rings (SSSR count). The summed E-state index contributed by atoms with van der Waals surface area (Å²) in [6, 6.07) is 77.8. The van der Waals surface area contributed by atoms with Gasteiger partial charge in [0, 0.05) is 55.4 Å². The average molecular weight is 768 g/mol. The van der Waals surface area contributed by atoms with Crippen LogP contribution in [0.2, 0.25) is 0 Å². The fourth-order valence-corrected chi connectivity index (χ4v) is 10.0. The first kappa shape index (κ1) is 34.4. The Morgan fingerprint density at radius 3 is 1.40 bits per heavy atom. The molecule has 0 fully saturated rings. The molecule has 0 aliphatic heterocycles. The fourth-order valence-electron chi connectivity index (χ4n) is 10.0. The van der Waals surface area contributed by atoms with Gasteiger partial charge < -0.3 is 14.0 Å². The molecule has 0 saturated carbocycles. The van der Waals surface area contributed by atoms with Crippen LogP contribution >= 0.6 is 0 Å². The molecule has 0 unspecified atom stereocenters. The number of nitrogens with zero attached hydrogens (tertiary/aromatic N) is 3. The predicted octanol–water partition coefficient (Wildman–Crippen LogP) is 15.3. The largest absolute Gasteiger partial charge is 0.310 e. The first-order chi connectivity index (χ1) is 29.5. The van der Waals surface area contributed by atoms with Gasteiger partial charge in [-0.25, -0.2) is 0 Å². The molecule has 11 aromatic rings. The van der Waals surface area contributed by atoms with Crippen LogP contribution in [-0.2, 0) is 5.41 Å². The number of rotatable bonds is 6. The van der Waals surface area contributed by atoms with Crippen LogP contribution in [0.5, 0.6) is 0 Å². The van der Waals surface area contributed by atoms with Crippen LogP contribution in [-0.4, -0.2) is 9.13 Å². The van der Waals surface area contributed by atoms with Gasteiger partial charge >= 0.3 is 0 Å². The molecule has 0 spiro atoms. The number of hydrogen-bond acceptors (Lipinski definition) is 1. The molecule has 0 atom stereocenters. The molecule has 0 amide bonds. The number of fused-ring (bicyclic) bond motifs is 9. The molecule has 3 nitrogen and oxygen atoms in total. The van der Waals surface area contributed by atoms with E-state index in [2.05, 4.69) is 240 Å². The zero-order chi connectivity index (χ0) is 40.0. The third-order valence-electron chi connectivity index (χ3n) is 12.9. The van der Waals surface area contributed by atoms with Gasteiger partial charge in [-0.1, -0.05) is 135 Å². The zero-order valence-corrected chi connectivity index (χ0v) is 33.5. The zero-order valence-electron chi connectivity index (χ0n) is 33.5. The summed E-state index contributed by atoms with van der Waals surface area (Å²) in [5.74, 6) is 0. The lowest BCUT2D eigenvalue weighted by atomic mass is 9.81. The van der Waals surface area contributed by atoms with Crippen molar-refractivity contribution in [2.45, 2.75) is 19.3 Å². The van der Waals surface area contributed by atoms with Gasteiger partial charge in [0.1, 0.15) is 0 Å². The van der Waals surface area contributed by atoms with Crippen LogP contribution in [0.15, 0.2) is 212 Å². The second kappa shape index (κ2) is 13.2. The predicted molar refractivity (Wildman–Crippen MR) is 253 cm³/mol. The van der Waals surface area contributed by atoms with Crippen LogP contribution in [0, 0.1) is 0 Å². The lowest BCUT2D eigenvalue weighted by molar-refractivity contribution is 0.660. The Morgan fingerprint density at radius 2 is 0.767 bits per heavy atom. The van der Waals surface area contributed by atoms with Crippen molar-refractivity contribution in [2.24, 2.45) is 0 Å². The van der Waals surface area contributed by atoms with Crippen LogP contribution in [0.25, 0.3) is 77.2 Å². The monoisotopic (exact) mass is 767 g/mol. The number of para-hydroxylation sites is 5. The second-order valence-corrected chi connectivity index (χ2v) is 16.6. The van der Waals surface area contributed by atoms with Gasteiger partial charge in [-0.05, 0) is 124 Å². The lowest BCUT2D eigenvalue weighted by Gasteiger charge is -2.28. The quantitative estimate of drug-likeness (QED) is 0.164. The molecule has 3 heteroatoms. The standard InChI is InChI=1S/C57H41N3/c1-57(2)51-35-38(39-26-33-50-49-21-11-14-24-55(49)60(56(50)36-39)41-17-7-4-8-18-41)25-32-45(51)46-34-31-44(37-52(46)57)58(40-15-5-3-6-16-40)42-27-29-43(30-28-42)59-53-22-12-9-19-47(53)48-20-10-13-23-54(48)59/h3-37H,1-2H3. The number of benzene rings is 9. The Balaban J connectivity index is 0.935. The van der Waals surface area contributed by atoms with E-state index in [4.69, 9.17) is 0 Å². The van der Waals surface area contributed by atoms with Crippen LogP contribution < -0.4 is 4.90 Å². The number of hydrogen-bond donors (Lipinski definition) is 0. The summed E-state index contributed by atoms with van der Waals surface area (Å²) in [6.07, 6.45) is 0. The van der Waals surface area contributed by atoms with Gasteiger partial charge in [-0.15, -0.1) is 0 Å². The maximum absolute atomic E-state index is 2.44. The topological polar surface area (TPSA) is 13.1 Å². The van der Waals surface area contributed by atoms with E-state index in [0.29, 0.717) is 0 Å². The van der Waals surface area contributed by atoms with E-state index in [9.17, 15) is 0 Å². The average Bonchev–Trinajstić information content (AvgIpc) is 3.90. The number of anilines is 3. The highest BCUT2D eigenvalue weighted by Crippen LogP contribution is 2.52. The maximum Gasteiger partial charge on any atom is 0.0547 e. The molecular formula is C57H41N3. The minimum Gasteiger partial charge on any atom is -0.310 e. The minimum atomic E-state index is -0.206. The van der Waals surface area contributed by atoms with E-state index >= 15 is 0 Å². The van der Waals surface area contributed by atoms with Crippen molar-refractivity contribution in [3.63, 3.8) is 0 Å². The van der Waals surface area contributed by atoms with Gasteiger partial charge in [-0.3, -0.25) is 0 Å². The Labute approximate surface area is 349 Å². The first-order valence-corrected chi connectivity index (χ1v) is 20.9. The van der Waals surface area contributed by atoms with E-state index in [1.54, 1.807) is 0 Å². The van der Waals surface area contributed by atoms with Crippen molar-refractivity contribution in [3.8, 4) is 33.6 Å². The molecular weight excluding hydrogens is 727 g/mol. The maximum atomic E-state index is 2.44. The summed E-state index contributed by atoms with van der Waals surface area (Å²) in [6.45, 7) is 4.77. The van der Waals surface area contributed by atoms with E-state index in [-0.39, 0.29) is 5.41 Å². The van der Waals surface area contributed by atoms with Gasteiger partial charge in [0.05, 0.1) is 22.1 Å². The second-order valence-electron chi connectivity index (χ2n) is 16.6. The highest BCUT2D eigenvalue weighted by molar-refractivity contribution is 6.11. The summed E-state index contributed by atoms with van der Waals surface area (Å²) in [4.78, 5) is 2.39. The molecule has 2 heterocycles. The van der Waals surface area contributed by atoms with Crippen molar-refractivity contribution in [3.05, 3.63) is 223 Å². The highest BCUT2D eigenvalue weighted by Gasteiger charge is 2.36. The third kappa shape index (κ3) is 5.15. The van der Waals surface area contributed by atoms with Gasteiger partial charge in [0.25, 0.3) is 0 Å². The Morgan fingerprint density at radius 1 is 0.333 bits per heavy atom. The van der Waals surface area contributed by atoms with Gasteiger partial charge in [-0.2, -0.15) is 0 Å². The molecule has 1 aliphatic carbocycles. The SMILES string of the molecule is CC1(C)c2cc(-c3ccc4c5ccccc5n(-c5ccccc5)c4c3)ccc2-c2ccc(N(c3ccccc3)c3ccc(-n4c5ccccc5c5ccccc54)cc3)cc21. The van der Waals surface area contributed by atoms with Gasteiger partial charge in [0.15, 0.2) is 0 Å². The molecule has 60 heavy (non-hydrogen) atoms. The van der Waals surface area contributed by atoms with E-state index in [0.717, 1.165) is 22.7 Å². The number of aromatic nitrogens is 2. The van der Waals surface area contributed by atoms with Gasteiger partial charge in [0.2, 0.25) is 0 Å². The molecule has 9 aromatic carbocycles. The summed E-state index contributed by atoms with van der Waals surface area (Å²) < 4.78 is 4.78. The van der Waals surface area contributed by atoms with Crippen LogP contribution in [0.3, 0.4) is 0 Å². The van der Waals surface area contributed by atoms with Crippen LogP contribution in [0.1, 0.15) is 25.0 Å². The Bertz CT molecular complexity index is 3390. The van der Waals surface area contributed by atoms with E-state index in [1.807, 2.05) is 0 Å². The van der Waals surface area contributed by atoms with Crippen LogP contribution in [0.4, 0.5) is 17.1 Å². The minimum absolute atomic E-state index is 0.206. The third-order valence-corrected chi connectivity index (χ3v) is 12.9. The molecule has 284 valence electrons. The molecule has 0 bridgehead atoms. The van der Waals surface area contributed by atoms with Crippen molar-refractivity contribution in [1.29, 1.82) is 0 Å². The van der Waals surface area contributed by atoms with Crippen molar-refractivity contribution in [1.82, 2.24) is 9.13 Å². The highest BCUT2D eigenvalue weighted by atomic mass is 15.1. The molecule has 2 aromatic heterocycles. The molecule has 0 saturated heterocycles. The summed E-state index contributed by atoms with van der Waals surface area (Å²) >= 11 is 0. The van der Waals surface area contributed by atoms with Crippen molar-refractivity contribution < 1.29 is 0 Å². The normalized spacial score (nSPS) is 13.0. The summed E-state index contributed by atoms with van der Waals surface area (Å²) in [5.41, 5.74) is 18.1. The Kier molecular flexibility index (Phi) is 7.58. The fraction of sp³-hybridized carbons (Fsp3) is 0.0526. The smallest absolute Gasteiger partial charge is 0.0547 e. The van der Waals surface area contributed by atoms with E-state index < -0.39 is 0 Å². The molecule has 1 aliphatic rings. The lowest BCUT2D eigenvalue weighted by Crippen LogP contribution is -2.16. The molecule has 0 N–H and O–H groups in total. The van der Waals surface area contributed by atoms with E-state index in [1.165, 1.54) is 82.7 Å². The van der Waals surface area contributed by atoms with Crippen molar-refractivity contribution >= 4 is 60.7 Å². The Hall–Kier alpha value is -7.62. The first-order valence-electron chi connectivity index (χ1n) is 20.9. The summed E-state index contributed by atoms with van der Waals surface area (Å²) in [5, 5.41) is 5.08. The van der Waals surface area contributed by atoms with Crippen molar-refractivity contribution in [2.75, 3.05) is 4.90 Å². The summed E-state index contributed by atoms with van der Waals surface area (Å²) in [7, 11) is 0. The molecule has 0 radical (unpaired) electrons.